The van der Waals surface area contributed by atoms with E-state index in [0.717, 1.165) is 27.4 Å². The predicted octanol–water partition coefficient (Wildman–Crippen LogP) is 5.15. The largest absolute Gasteiger partial charge is 0.497 e. The van der Waals surface area contributed by atoms with Gasteiger partial charge in [-0.05, 0) is 43.2 Å². The van der Waals surface area contributed by atoms with E-state index in [-0.39, 0.29) is 0 Å². The van der Waals surface area contributed by atoms with Gasteiger partial charge < -0.3 is 10.1 Å². The third-order valence-electron chi connectivity index (χ3n) is 2.98. The molecule has 0 saturated carbocycles. The Hall–Kier alpha value is -1.19. The molecule has 0 bridgehead atoms. The van der Waals surface area contributed by atoms with E-state index < -0.39 is 0 Å². The summed E-state index contributed by atoms with van der Waals surface area (Å²) in [5.74, 6) is 0.834. The standard InChI is InChI=1S/C16H17BrClNO/c1-11(7-12-3-5-14(18)6-4-12)19-15-8-13(17)9-16(10-15)20-2/h3-6,8-11,19H,7H2,1-2H3. The van der Waals surface area contributed by atoms with E-state index in [1.54, 1.807) is 7.11 Å². The van der Waals surface area contributed by atoms with Gasteiger partial charge in [0.05, 0.1) is 7.11 Å². The van der Waals surface area contributed by atoms with Gasteiger partial charge in [-0.3, -0.25) is 0 Å². The second-order valence-corrected chi connectivity index (χ2v) is 6.11. The molecule has 0 radical (unpaired) electrons. The monoisotopic (exact) mass is 353 g/mol. The van der Waals surface area contributed by atoms with E-state index in [4.69, 9.17) is 16.3 Å². The number of nitrogens with one attached hydrogen (secondary N) is 1. The van der Waals surface area contributed by atoms with Crippen LogP contribution in [0.15, 0.2) is 46.9 Å². The van der Waals surface area contributed by atoms with Crippen molar-refractivity contribution in [1.82, 2.24) is 0 Å². The molecule has 0 fully saturated rings. The third-order valence-corrected chi connectivity index (χ3v) is 3.69. The van der Waals surface area contributed by atoms with Gasteiger partial charge in [0, 0.05) is 27.3 Å². The van der Waals surface area contributed by atoms with Crippen molar-refractivity contribution in [3.63, 3.8) is 0 Å². The van der Waals surface area contributed by atoms with Gasteiger partial charge in [0.25, 0.3) is 0 Å². The summed E-state index contributed by atoms with van der Waals surface area (Å²) in [5.41, 5.74) is 2.30. The summed E-state index contributed by atoms with van der Waals surface area (Å²) in [6.07, 6.45) is 0.937. The fourth-order valence-corrected chi connectivity index (χ4v) is 2.67. The Bertz CT molecular complexity index is 571. The van der Waals surface area contributed by atoms with Crippen LogP contribution in [0.4, 0.5) is 5.69 Å². The number of anilines is 1. The van der Waals surface area contributed by atoms with Gasteiger partial charge >= 0.3 is 0 Å². The lowest BCUT2D eigenvalue weighted by Gasteiger charge is -2.16. The SMILES string of the molecule is COc1cc(Br)cc(NC(C)Cc2ccc(Cl)cc2)c1. The lowest BCUT2D eigenvalue weighted by atomic mass is 10.1. The highest BCUT2D eigenvalue weighted by Gasteiger charge is 2.06. The van der Waals surface area contributed by atoms with Crippen LogP contribution in [0.3, 0.4) is 0 Å². The van der Waals surface area contributed by atoms with Crippen molar-refractivity contribution >= 4 is 33.2 Å². The molecule has 4 heteroatoms. The molecule has 0 aliphatic rings. The highest BCUT2D eigenvalue weighted by Crippen LogP contribution is 2.25. The van der Waals surface area contributed by atoms with Gasteiger partial charge in [-0.1, -0.05) is 39.7 Å². The first-order valence-electron chi connectivity index (χ1n) is 6.42. The van der Waals surface area contributed by atoms with E-state index in [2.05, 4.69) is 40.3 Å². The number of rotatable bonds is 5. The number of methoxy groups -OCH3 is 1. The van der Waals surface area contributed by atoms with Gasteiger partial charge in [0.2, 0.25) is 0 Å². The molecule has 106 valence electrons. The van der Waals surface area contributed by atoms with E-state index >= 15 is 0 Å². The normalized spacial score (nSPS) is 12.0. The molecule has 0 saturated heterocycles. The first-order chi connectivity index (χ1) is 9.56. The van der Waals surface area contributed by atoms with Crippen LogP contribution in [0.25, 0.3) is 0 Å². The van der Waals surface area contributed by atoms with Crippen molar-refractivity contribution in [3.8, 4) is 5.75 Å². The van der Waals surface area contributed by atoms with Crippen molar-refractivity contribution in [2.24, 2.45) is 0 Å². The summed E-state index contributed by atoms with van der Waals surface area (Å²) in [7, 11) is 1.67. The lowest BCUT2D eigenvalue weighted by Crippen LogP contribution is -2.18. The zero-order valence-corrected chi connectivity index (χ0v) is 13.8. The molecule has 0 aliphatic carbocycles. The molecule has 2 nitrogen and oxygen atoms in total. The zero-order valence-electron chi connectivity index (χ0n) is 11.5. The molecule has 0 amide bonds. The van der Waals surface area contributed by atoms with E-state index in [0.29, 0.717) is 6.04 Å². The molecule has 1 N–H and O–H groups in total. The van der Waals surface area contributed by atoms with Gasteiger partial charge in [-0.25, -0.2) is 0 Å². The Morgan fingerprint density at radius 3 is 2.55 bits per heavy atom. The van der Waals surface area contributed by atoms with Crippen molar-refractivity contribution in [1.29, 1.82) is 0 Å². The number of ether oxygens (including phenoxy) is 1. The molecule has 0 aliphatic heterocycles. The summed E-state index contributed by atoms with van der Waals surface area (Å²) in [6, 6.07) is 14.2. The van der Waals surface area contributed by atoms with E-state index in [1.165, 1.54) is 5.56 Å². The zero-order chi connectivity index (χ0) is 14.5. The number of benzene rings is 2. The van der Waals surface area contributed by atoms with Gasteiger partial charge in [-0.2, -0.15) is 0 Å². The quantitative estimate of drug-likeness (QED) is 0.801. The molecule has 2 aromatic rings. The summed E-state index contributed by atoms with van der Waals surface area (Å²) in [6.45, 7) is 2.15. The molecule has 0 aromatic heterocycles. The van der Waals surface area contributed by atoms with Crippen LogP contribution in [0, 0.1) is 0 Å². The smallest absolute Gasteiger partial charge is 0.122 e. The van der Waals surface area contributed by atoms with E-state index in [1.807, 2.05) is 30.3 Å². The van der Waals surface area contributed by atoms with E-state index in [9.17, 15) is 0 Å². The van der Waals surface area contributed by atoms with Crippen LogP contribution in [0.5, 0.6) is 5.75 Å². The third kappa shape index (κ3) is 4.43. The fraction of sp³-hybridized carbons (Fsp3) is 0.250. The highest BCUT2D eigenvalue weighted by molar-refractivity contribution is 9.10. The molecule has 20 heavy (non-hydrogen) atoms. The summed E-state index contributed by atoms with van der Waals surface area (Å²) < 4.78 is 6.26. The molecule has 2 aromatic carbocycles. The van der Waals surface area contributed by atoms with Crippen LogP contribution in [-0.2, 0) is 6.42 Å². The number of hydrogen-bond donors (Lipinski definition) is 1. The molecular weight excluding hydrogens is 338 g/mol. The first kappa shape index (κ1) is 15.2. The van der Waals surface area contributed by atoms with Crippen molar-refractivity contribution in [2.45, 2.75) is 19.4 Å². The predicted molar refractivity (Wildman–Crippen MR) is 88.9 cm³/mol. The van der Waals surface area contributed by atoms with Gasteiger partial charge in [-0.15, -0.1) is 0 Å². The van der Waals surface area contributed by atoms with Gasteiger partial charge in [0.15, 0.2) is 0 Å². The Morgan fingerprint density at radius 2 is 1.90 bits per heavy atom. The molecule has 1 atom stereocenters. The minimum absolute atomic E-state index is 0.315. The molecule has 1 unspecified atom stereocenters. The number of halogens is 2. The number of hydrogen-bond acceptors (Lipinski definition) is 2. The Morgan fingerprint density at radius 1 is 1.20 bits per heavy atom. The summed E-state index contributed by atoms with van der Waals surface area (Å²) >= 11 is 9.38. The van der Waals surface area contributed by atoms with Crippen LogP contribution < -0.4 is 10.1 Å². The Kier molecular flexibility index (Phi) is 5.32. The summed E-state index contributed by atoms with van der Waals surface area (Å²) in [5, 5.41) is 4.25. The Balaban J connectivity index is 2.02. The highest BCUT2D eigenvalue weighted by atomic mass is 79.9. The van der Waals surface area contributed by atoms with Gasteiger partial charge in [0.1, 0.15) is 5.75 Å². The second-order valence-electron chi connectivity index (χ2n) is 4.76. The molecule has 0 heterocycles. The Labute approximate surface area is 133 Å². The average molecular weight is 355 g/mol. The maximum absolute atomic E-state index is 5.89. The minimum Gasteiger partial charge on any atom is -0.497 e. The first-order valence-corrected chi connectivity index (χ1v) is 7.59. The van der Waals surface area contributed by atoms with Crippen LogP contribution >= 0.6 is 27.5 Å². The molecule has 0 spiro atoms. The van der Waals surface area contributed by atoms with Crippen molar-refractivity contribution < 1.29 is 4.74 Å². The lowest BCUT2D eigenvalue weighted by molar-refractivity contribution is 0.414. The summed E-state index contributed by atoms with van der Waals surface area (Å²) in [4.78, 5) is 0. The average Bonchev–Trinajstić information content (AvgIpc) is 2.40. The minimum atomic E-state index is 0.315. The maximum atomic E-state index is 5.89. The second kappa shape index (κ2) is 7.00. The van der Waals surface area contributed by atoms with Crippen LogP contribution in [-0.4, -0.2) is 13.2 Å². The molecule has 2 rings (SSSR count). The maximum Gasteiger partial charge on any atom is 0.122 e. The van der Waals surface area contributed by atoms with Crippen molar-refractivity contribution in [3.05, 3.63) is 57.5 Å². The van der Waals surface area contributed by atoms with Crippen LogP contribution in [0.1, 0.15) is 12.5 Å². The fourth-order valence-electron chi connectivity index (χ4n) is 2.07. The topological polar surface area (TPSA) is 21.3 Å². The van der Waals surface area contributed by atoms with Crippen molar-refractivity contribution in [2.75, 3.05) is 12.4 Å². The molecular formula is C16H17BrClNO. The van der Waals surface area contributed by atoms with Crippen LogP contribution in [0.2, 0.25) is 5.02 Å².